The number of hydrogen-bond acceptors (Lipinski definition) is 5. The monoisotopic (exact) mass is 657 g/mol. The van der Waals surface area contributed by atoms with E-state index in [4.69, 9.17) is 4.74 Å². The van der Waals surface area contributed by atoms with Gasteiger partial charge in [-0.3, -0.25) is 13.9 Å². The van der Waals surface area contributed by atoms with E-state index in [1.54, 1.807) is 60.7 Å². The SMILES string of the molecule is COc1ccc(N(CC(=O)N(Cc2ccccc2F)[C@H](Cc2ccccc2)C(=O)NC2CCCCC2)S(=O)(=O)c2ccccc2)cc1. The molecule has 4 aromatic carbocycles. The van der Waals surface area contributed by atoms with Crippen LogP contribution < -0.4 is 14.4 Å². The van der Waals surface area contributed by atoms with E-state index in [1.807, 2.05) is 30.3 Å². The normalized spacial score (nSPS) is 14.2. The number of halogens is 1. The van der Waals surface area contributed by atoms with E-state index in [2.05, 4.69) is 5.32 Å². The lowest BCUT2D eigenvalue weighted by atomic mass is 9.94. The number of rotatable bonds is 13. The highest BCUT2D eigenvalue weighted by Gasteiger charge is 2.35. The van der Waals surface area contributed by atoms with Crippen molar-refractivity contribution in [2.75, 3.05) is 18.0 Å². The number of hydrogen-bond donors (Lipinski definition) is 1. The van der Waals surface area contributed by atoms with Crippen molar-refractivity contribution in [2.24, 2.45) is 0 Å². The number of benzene rings is 4. The minimum absolute atomic E-state index is 0.000138. The Hall–Kier alpha value is -4.70. The fourth-order valence-corrected chi connectivity index (χ4v) is 7.34. The van der Waals surface area contributed by atoms with Gasteiger partial charge in [0.15, 0.2) is 0 Å². The lowest BCUT2D eigenvalue weighted by Gasteiger charge is -2.35. The van der Waals surface area contributed by atoms with Crippen LogP contribution in [0.15, 0.2) is 114 Å². The Balaban J connectivity index is 1.56. The molecular formula is C37H40FN3O5S. The van der Waals surface area contributed by atoms with Crippen LogP contribution in [0.4, 0.5) is 10.1 Å². The number of nitrogens with zero attached hydrogens (tertiary/aromatic N) is 2. The zero-order valence-electron chi connectivity index (χ0n) is 26.4. The summed E-state index contributed by atoms with van der Waals surface area (Å²) in [5, 5.41) is 3.16. The van der Waals surface area contributed by atoms with Crippen LogP contribution in [0.5, 0.6) is 5.75 Å². The number of nitrogens with one attached hydrogen (secondary N) is 1. The molecule has 1 aliphatic rings. The van der Waals surface area contributed by atoms with E-state index in [1.165, 1.54) is 30.2 Å². The van der Waals surface area contributed by atoms with Crippen LogP contribution in [0.2, 0.25) is 0 Å². The summed E-state index contributed by atoms with van der Waals surface area (Å²) < 4.78 is 49.6. The predicted octanol–water partition coefficient (Wildman–Crippen LogP) is 6.12. The van der Waals surface area contributed by atoms with Crippen molar-refractivity contribution in [3.05, 3.63) is 126 Å². The first-order chi connectivity index (χ1) is 22.8. The average Bonchev–Trinajstić information content (AvgIpc) is 3.10. The molecule has 4 aromatic rings. The maximum absolute atomic E-state index is 15.1. The fourth-order valence-electron chi connectivity index (χ4n) is 5.91. The Labute approximate surface area is 276 Å². The highest BCUT2D eigenvalue weighted by molar-refractivity contribution is 7.92. The molecule has 0 radical (unpaired) electrons. The van der Waals surface area contributed by atoms with Crippen molar-refractivity contribution in [2.45, 2.75) is 62.0 Å². The second-order valence-corrected chi connectivity index (χ2v) is 13.5. The predicted molar refractivity (Wildman–Crippen MR) is 180 cm³/mol. The Morgan fingerprint density at radius 3 is 2.11 bits per heavy atom. The smallest absolute Gasteiger partial charge is 0.264 e. The standard InChI is InChI=1S/C37H40FN3O5S/c1-46-32-23-21-31(22-24-32)41(47(44,45)33-18-9-4-10-19-33)27-36(42)40(26-29-15-11-12-20-34(29)38)35(25-28-13-5-2-6-14-28)37(43)39-30-16-7-3-8-17-30/h2,4-6,9-15,18-24,30,35H,3,7-8,16-17,25-27H2,1H3,(H,39,43)/t35-/m1/s1. The van der Waals surface area contributed by atoms with Crippen LogP contribution in [0.1, 0.15) is 43.2 Å². The summed E-state index contributed by atoms with van der Waals surface area (Å²) in [4.78, 5) is 30.0. The molecule has 0 unspecified atom stereocenters. The van der Waals surface area contributed by atoms with E-state index in [-0.39, 0.29) is 41.1 Å². The van der Waals surface area contributed by atoms with Crippen molar-refractivity contribution >= 4 is 27.5 Å². The molecule has 0 spiro atoms. The zero-order valence-corrected chi connectivity index (χ0v) is 27.2. The molecule has 5 rings (SSSR count). The summed E-state index contributed by atoms with van der Waals surface area (Å²) in [6.45, 7) is -0.858. The van der Waals surface area contributed by atoms with Crippen LogP contribution in [-0.4, -0.2) is 50.9 Å². The van der Waals surface area contributed by atoms with Gasteiger partial charge in [-0.05, 0) is 60.9 Å². The molecular weight excluding hydrogens is 617 g/mol. The molecule has 1 N–H and O–H groups in total. The molecule has 0 bridgehead atoms. The first-order valence-electron chi connectivity index (χ1n) is 15.9. The van der Waals surface area contributed by atoms with Gasteiger partial charge in [0.2, 0.25) is 11.8 Å². The van der Waals surface area contributed by atoms with Gasteiger partial charge in [0.25, 0.3) is 10.0 Å². The molecule has 8 nitrogen and oxygen atoms in total. The van der Waals surface area contributed by atoms with Gasteiger partial charge in [0.05, 0.1) is 17.7 Å². The largest absolute Gasteiger partial charge is 0.497 e. The fraction of sp³-hybridized carbons (Fsp3) is 0.297. The average molecular weight is 658 g/mol. The molecule has 10 heteroatoms. The van der Waals surface area contributed by atoms with E-state index >= 15 is 4.39 Å². The summed E-state index contributed by atoms with van der Waals surface area (Å²) in [7, 11) is -2.74. The minimum Gasteiger partial charge on any atom is -0.497 e. The van der Waals surface area contributed by atoms with Gasteiger partial charge in [-0.15, -0.1) is 0 Å². The van der Waals surface area contributed by atoms with Gasteiger partial charge in [-0.2, -0.15) is 0 Å². The molecule has 0 aliphatic heterocycles. The third-order valence-electron chi connectivity index (χ3n) is 8.49. The molecule has 1 fully saturated rings. The van der Waals surface area contributed by atoms with Gasteiger partial charge in [0.1, 0.15) is 24.2 Å². The molecule has 1 atom stereocenters. The third kappa shape index (κ3) is 8.56. The van der Waals surface area contributed by atoms with E-state index in [9.17, 15) is 18.0 Å². The number of ether oxygens (including phenoxy) is 1. The van der Waals surface area contributed by atoms with Gasteiger partial charge >= 0.3 is 0 Å². The minimum atomic E-state index is -4.24. The molecule has 47 heavy (non-hydrogen) atoms. The van der Waals surface area contributed by atoms with E-state index < -0.39 is 34.3 Å². The Kier molecular flexibility index (Phi) is 11.3. The summed E-state index contributed by atoms with van der Waals surface area (Å²) >= 11 is 0. The first kappa shape index (κ1) is 33.7. The molecule has 2 amide bonds. The lowest BCUT2D eigenvalue weighted by molar-refractivity contribution is -0.140. The Bertz CT molecular complexity index is 1730. The van der Waals surface area contributed by atoms with Gasteiger partial charge < -0.3 is 15.0 Å². The van der Waals surface area contributed by atoms with E-state index in [0.717, 1.165) is 42.0 Å². The zero-order chi connectivity index (χ0) is 33.2. The van der Waals surface area contributed by atoms with Crippen molar-refractivity contribution in [3.8, 4) is 5.75 Å². The molecule has 0 heterocycles. The highest BCUT2D eigenvalue weighted by Crippen LogP contribution is 2.27. The van der Waals surface area contributed by atoms with Crippen LogP contribution in [0, 0.1) is 5.82 Å². The summed E-state index contributed by atoms with van der Waals surface area (Å²) in [5.74, 6) is -1.02. The van der Waals surface area contributed by atoms with Crippen molar-refractivity contribution < 1.29 is 27.1 Å². The van der Waals surface area contributed by atoms with Crippen LogP contribution in [0.25, 0.3) is 0 Å². The quantitative estimate of drug-likeness (QED) is 0.187. The maximum atomic E-state index is 15.1. The topological polar surface area (TPSA) is 96.0 Å². The van der Waals surface area contributed by atoms with Crippen molar-refractivity contribution in [1.82, 2.24) is 10.2 Å². The Morgan fingerprint density at radius 2 is 1.47 bits per heavy atom. The van der Waals surface area contributed by atoms with Crippen molar-refractivity contribution in [1.29, 1.82) is 0 Å². The number of amides is 2. The number of anilines is 1. The third-order valence-corrected chi connectivity index (χ3v) is 10.3. The lowest BCUT2D eigenvalue weighted by Crippen LogP contribution is -2.55. The molecule has 1 saturated carbocycles. The summed E-state index contributed by atoms with van der Waals surface area (Å²) in [6, 6.07) is 28.5. The van der Waals surface area contributed by atoms with Gasteiger partial charge in [-0.1, -0.05) is 86.0 Å². The van der Waals surface area contributed by atoms with E-state index in [0.29, 0.717) is 5.75 Å². The summed E-state index contributed by atoms with van der Waals surface area (Å²) in [5.41, 5.74) is 1.26. The maximum Gasteiger partial charge on any atom is 0.264 e. The Morgan fingerprint density at radius 1 is 0.851 bits per heavy atom. The number of carbonyl (C=O) groups is 2. The number of carbonyl (C=O) groups excluding carboxylic acids is 2. The second-order valence-electron chi connectivity index (χ2n) is 11.7. The van der Waals surface area contributed by atoms with Gasteiger partial charge in [-0.25, -0.2) is 12.8 Å². The van der Waals surface area contributed by atoms with Crippen LogP contribution >= 0.6 is 0 Å². The number of methoxy groups -OCH3 is 1. The van der Waals surface area contributed by atoms with Crippen molar-refractivity contribution in [3.63, 3.8) is 0 Å². The molecule has 1 aliphatic carbocycles. The molecule has 246 valence electrons. The highest BCUT2D eigenvalue weighted by atomic mass is 32.2. The summed E-state index contributed by atoms with van der Waals surface area (Å²) in [6.07, 6.45) is 4.94. The van der Waals surface area contributed by atoms with Crippen LogP contribution in [0.3, 0.4) is 0 Å². The first-order valence-corrected chi connectivity index (χ1v) is 17.3. The molecule has 0 saturated heterocycles. The van der Waals surface area contributed by atoms with Gasteiger partial charge in [0, 0.05) is 24.6 Å². The molecule has 0 aromatic heterocycles. The second kappa shape index (κ2) is 15.7. The van der Waals surface area contributed by atoms with Crippen LogP contribution in [-0.2, 0) is 32.6 Å². The number of sulfonamides is 1.